The van der Waals surface area contributed by atoms with E-state index in [9.17, 15) is 0 Å². The highest BCUT2D eigenvalue weighted by Gasteiger charge is 2.00. The second-order valence-corrected chi connectivity index (χ2v) is 5.39. The van der Waals surface area contributed by atoms with E-state index in [1.165, 1.54) is 16.3 Å². The van der Waals surface area contributed by atoms with Crippen molar-refractivity contribution in [3.05, 3.63) is 35.0 Å². The first kappa shape index (κ1) is 11.7. The monoisotopic (exact) mass is 253 g/mol. The van der Waals surface area contributed by atoms with Gasteiger partial charge in [-0.2, -0.15) is 11.8 Å². The Morgan fingerprint density at radius 3 is 3.25 bits per heavy atom. The van der Waals surface area contributed by atoms with Crippen molar-refractivity contribution in [2.24, 2.45) is 0 Å². The molecule has 0 aromatic carbocycles. The summed E-state index contributed by atoms with van der Waals surface area (Å²) in [6.07, 6.45) is 7.72. The summed E-state index contributed by atoms with van der Waals surface area (Å²) in [5.41, 5.74) is 1.20. The fourth-order valence-corrected chi connectivity index (χ4v) is 2.58. The number of nitrogens with zero attached hydrogens (tertiary/aromatic N) is 2. The van der Waals surface area contributed by atoms with Gasteiger partial charge in [0.15, 0.2) is 0 Å². The van der Waals surface area contributed by atoms with Gasteiger partial charge in [0, 0.05) is 41.5 Å². The minimum absolute atomic E-state index is 0.958. The molecule has 2 rings (SSSR count). The lowest BCUT2D eigenvalue weighted by Gasteiger charge is -2.00. The smallest absolute Gasteiger partial charge is 0.0991 e. The largest absolute Gasteiger partial charge is 0.311 e. The molecule has 5 heteroatoms. The molecule has 1 N–H and O–H groups in total. The number of imidazole rings is 1. The molecule has 2 heterocycles. The molecule has 0 saturated heterocycles. The Hall–Kier alpha value is -0.780. The van der Waals surface area contributed by atoms with Crippen LogP contribution >= 0.6 is 23.1 Å². The predicted octanol–water partition coefficient (Wildman–Crippen LogP) is 2.39. The fourth-order valence-electron chi connectivity index (χ4n) is 1.39. The van der Waals surface area contributed by atoms with Crippen LogP contribution in [-0.2, 0) is 6.54 Å². The molecule has 0 atom stereocenters. The minimum atomic E-state index is 0.958. The van der Waals surface area contributed by atoms with Gasteiger partial charge in [-0.25, -0.2) is 4.98 Å². The lowest BCUT2D eigenvalue weighted by atomic mass is 10.4. The lowest BCUT2D eigenvalue weighted by Crippen LogP contribution is -2.15. The molecule has 0 fully saturated rings. The molecule has 0 spiro atoms. The SMILES string of the molecule is CSCCNCc1cc(-n2ccnc2)cs1. The molecule has 0 unspecified atom stereocenters. The molecule has 86 valence electrons. The summed E-state index contributed by atoms with van der Waals surface area (Å²) in [7, 11) is 0. The van der Waals surface area contributed by atoms with Gasteiger partial charge in [-0.3, -0.25) is 0 Å². The number of hydrogen-bond donors (Lipinski definition) is 1. The van der Waals surface area contributed by atoms with Gasteiger partial charge in [0.05, 0.1) is 12.0 Å². The maximum Gasteiger partial charge on any atom is 0.0991 e. The van der Waals surface area contributed by atoms with Crippen molar-refractivity contribution in [2.45, 2.75) is 6.54 Å². The van der Waals surface area contributed by atoms with Crippen LogP contribution in [0.4, 0.5) is 0 Å². The molecule has 2 aromatic rings. The highest BCUT2D eigenvalue weighted by molar-refractivity contribution is 7.98. The Morgan fingerprint density at radius 1 is 1.56 bits per heavy atom. The van der Waals surface area contributed by atoms with Gasteiger partial charge in [-0.1, -0.05) is 0 Å². The van der Waals surface area contributed by atoms with Crippen LogP contribution in [0, 0.1) is 0 Å². The zero-order chi connectivity index (χ0) is 11.2. The van der Waals surface area contributed by atoms with Gasteiger partial charge in [0.2, 0.25) is 0 Å². The average molecular weight is 253 g/mol. The highest BCUT2D eigenvalue weighted by Crippen LogP contribution is 2.17. The fraction of sp³-hybridized carbons (Fsp3) is 0.364. The molecule has 16 heavy (non-hydrogen) atoms. The number of thioether (sulfide) groups is 1. The zero-order valence-corrected chi connectivity index (χ0v) is 10.9. The van der Waals surface area contributed by atoms with Crippen molar-refractivity contribution in [3.8, 4) is 5.69 Å². The first-order valence-corrected chi connectivity index (χ1v) is 7.43. The van der Waals surface area contributed by atoms with Crippen molar-refractivity contribution in [2.75, 3.05) is 18.6 Å². The van der Waals surface area contributed by atoms with E-state index in [0.29, 0.717) is 0 Å². The van der Waals surface area contributed by atoms with Gasteiger partial charge in [0.25, 0.3) is 0 Å². The molecule has 0 aliphatic heterocycles. The zero-order valence-electron chi connectivity index (χ0n) is 9.22. The van der Waals surface area contributed by atoms with Gasteiger partial charge < -0.3 is 9.88 Å². The molecule has 0 aliphatic rings. The van der Waals surface area contributed by atoms with Gasteiger partial charge in [0.1, 0.15) is 0 Å². The Kier molecular flexibility index (Phi) is 4.44. The second-order valence-electron chi connectivity index (χ2n) is 3.41. The minimum Gasteiger partial charge on any atom is -0.311 e. The number of hydrogen-bond acceptors (Lipinski definition) is 4. The van der Waals surface area contributed by atoms with Crippen LogP contribution in [0.5, 0.6) is 0 Å². The van der Waals surface area contributed by atoms with Crippen LogP contribution in [0.3, 0.4) is 0 Å². The van der Waals surface area contributed by atoms with Crippen molar-refractivity contribution < 1.29 is 0 Å². The maximum absolute atomic E-state index is 4.04. The summed E-state index contributed by atoms with van der Waals surface area (Å²) >= 11 is 3.66. The molecule has 0 radical (unpaired) electrons. The first-order valence-electron chi connectivity index (χ1n) is 5.15. The third-order valence-electron chi connectivity index (χ3n) is 2.22. The number of thiophene rings is 1. The van der Waals surface area contributed by atoms with Crippen LogP contribution in [0.15, 0.2) is 30.2 Å². The van der Waals surface area contributed by atoms with Gasteiger partial charge in [-0.05, 0) is 12.3 Å². The van der Waals surface area contributed by atoms with E-state index in [-0.39, 0.29) is 0 Å². The Balaban J connectivity index is 1.88. The van der Waals surface area contributed by atoms with Crippen LogP contribution in [0.2, 0.25) is 0 Å². The van der Waals surface area contributed by atoms with E-state index in [0.717, 1.165) is 13.1 Å². The third kappa shape index (κ3) is 3.10. The summed E-state index contributed by atoms with van der Waals surface area (Å²) in [4.78, 5) is 5.41. The first-order chi connectivity index (χ1) is 7.90. The molecule has 3 nitrogen and oxygen atoms in total. The maximum atomic E-state index is 4.04. The van der Waals surface area contributed by atoms with E-state index in [2.05, 4.69) is 28.0 Å². The Morgan fingerprint density at radius 2 is 2.50 bits per heavy atom. The Labute approximate surface area is 104 Å². The highest BCUT2D eigenvalue weighted by atomic mass is 32.2. The summed E-state index contributed by atoms with van der Waals surface area (Å²) in [6.45, 7) is 2.03. The number of nitrogens with one attached hydrogen (secondary N) is 1. The van der Waals surface area contributed by atoms with Crippen LogP contribution < -0.4 is 5.32 Å². The van der Waals surface area contributed by atoms with Crippen LogP contribution in [0.25, 0.3) is 5.69 Å². The third-order valence-corrected chi connectivity index (χ3v) is 3.76. The molecular formula is C11H15N3S2. The van der Waals surface area contributed by atoms with Gasteiger partial charge in [-0.15, -0.1) is 11.3 Å². The predicted molar refractivity (Wildman–Crippen MR) is 71.5 cm³/mol. The number of aromatic nitrogens is 2. The summed E-state index contributed by atoms with van der Waals surface area (Å²) in [5, 5.41) is 5.59. The standard InChI is InChI=1S/C11H15N3S2/c1-15-5-3-12-7-11-6-10(8-16-11)14-4-2-13-9-14/h2,4,6,8-9,12H,3,5,7H2,1H3. The lowest BCUT2D eigenvalue weighted by molar-refractivity contribution is 0.741. The van der Waals surface area contributed by atoms with Crippen molar-refractivity contribution in [1.29, 1.82) is 0 Å². The summed E-state index contributed by atoms with van der Waals surface area (Å²) < 4.78 is 2.03. The molecule has 0 saturated carbocycles. The molecule has 2 aromatic heterocycles. The van der Waals surface area contributed by atoms with Gasteiger partial charge >= 0.3 is 0 Å². The normalized spacial score (nSPS) is 10.8. The Bertz CT molecular complexity index is 409. The summed E-state index contributed by atoms with van der Waals surface area (Å²) in [5.74, 6) is 1.17. The average Bonchev–Trinajstić information content (AvgIpc) is 2.94. The molecule has 0 amide bonds. The van der Waals surface area contributed by atoms with E-state index in [1.807, 2.05) is 28.9 Å². The van der Waals surface area contributed by atoms with Crippen LogP contribution in [-0.4, -0.2) is 28.1 Å². The van der Waals surface area contributed by atoms with Crippen molar-refractivity contribution >= 4 is 23.1 Å². The van der Waals surface area contributed by atoms with E-state index in [4.69, 9.17) is 0 Å². The van der Waals surface area contributed by atoms with E-state index < -0.39 is 0 Å². The molecular weight excluding hydrogens is 238 g/mol. The quantitative estimate of drug-likeness (QED) is 0.802. The van der Waals surface area contributed by atoms with Crippen molar-refractivity contribution in [3.63, 3.8) is 0 Å². The van der Waals surface area contributed by atoms with Crippen molar-refractivity contribution in [1.82, 2.24) is 14.9 Å². The topological polar surface area (TPSA) is 29.9 Å². The number of rotatable bonds is 6. The summed E-state index contributed by atoms with van der Waals surface area (Å²) in [6, 6.07) is 2.21. The molecule has 0 bridgehead atoms. The van der Waals surface area contributed by atoms with E-state index >= 15 is 0 Å². The second kappa shape index (κ2) is 6.08. The van der Waals surface area contributed by atoms with Crippen LogP contribution in [0.1, 0.15) is 4.88 Å². The van der Waals surface area contributed by atoms with E-state index in [1.54, 1.807) is 17.5 Å². The molecule has 0 aliphatic carbocycles.